The van der Waals surface area contributed by atoms with Crippen molar-refractivity contribution >= 4 is 34.1 Å². The third-order valence-electron chi connectivity index (χ3n) is 11.8. The van der Waals surface area contributed by atoms with E-state index in [-0.39, 0.29) is 58.7 Å². The average molecular weight is 816 g/mol. The maximum atomic E-state index is 14.5. The van der Waals surface area contributed by atoms with E-state index in [1.807, 2.05) is 43.0 Å². The maximum Gasteiger partial charge on any atom is 0.420 e. The second-order valence-corrected chi connectivity index (χ2v) is 15.7. The van der Waals surface area contributed by atoms with Gasteiger partial charge in [0.25, 0.3) is 0 Å². The molecule has 1 amide bonds. The van der Waals surface area contributed by atoms with Gasteiger partial charge in [0.2, 0.25) is 17.7 Å². The zero-order valence-electron chi connectivity index (χ0n) is 32.0. The van der Waals surface area contributed by atoms with Crippen LogP contribution in [0.1, 0.15) is 53.5 Å². The Kier molecular flexibility index (Phi) is 9.46. The number of rotatable bonds is 10. The predicted octanol–water partition coefficient (Wildman–Crippen LogP) is 8.72. The lowest BCUT2D eigenvalue weighted by Crippen LogP contribution is -2.66. The number of oxazole rings is 2. The van der Waals surface area contributed by atoms with Crippen molar-refractivity contribution in [3.05, 3.63) is 88.5 Å². The number of nitrogens with zero attached hydrogens (tertiary/aromatic N) is 4. The molecule has 16 heteroatoms. The molecule has 3 fully saturated rings. The fourth-order valence-corrected chi connectivity index (χ4v) is 8.97. The minimum atomic E-state index is -4.70. The van der Waals surface area contributed by atoms with E-state index >= 15 is 0 Å². The standard InChI is InChI=1S/C43H38F5N5O6/c1-22-26(6-3-8-28(22)38-49-31-16-25(19-53-13-5-10-33(53)40(55)56)34(58-41(44)45)17-35(31)57-38)27-7-4-9-29(23(27)2)39-50-32-15-24(14-30(37(32)59-39)43(46,47)48)18-52-20-42(21-52)12-11-36(54)51-42/h3-4,6-9,14-17,33,41H,5,10-13,18-21H2,1-2H3,(H,51,54)(H,55,56)/t33-/m0/s1. The Bertz CT molecular complexity index is 2650. The Balaban J connectivity index is 1.03. The van der Waals surface area contributed by atoms with Gasteiger partial charge in [-0.15, -0.1) is 0 Å². The molecule has 9 rings (SSSR count). The van der Waals surface area contributed by atoms with Crippen LogP contribution >= 0.6 is 0 Å². The lowest BCUT2D eigenvalue weighted by atomic mass is 9.88. The molecule has 59 heavy (non-hydrogen) atoms. The van der Waals surface area contributed by atoms with Crippen molar-refractivity contribution in [3.8, 4) is 39.8 Å². The quantitative estimate of drug-likeness (QED) is 0.129. The summed E-state index contributed by atoms with van der Waals surface area (Å²) >= 11 is 0. The van der Waals surface area contributed by atoms with Crippen molar-refractivity contribution in [2.75, 3.05) is 19.6 Å². The van der Waals surface area contributed by atoms with E-state index in [1.54, 1.807) is 29.2 Å². The fraction of sp³-hybridized carbons (Fsp3) is 0.349. The van der Waals surface area contributed by atoms with Crippen LogP contribution in [0, 0.1) is 13.8 Å². The monoisotopic (exact) mass is 815 g/mol. The Labute approximate surface area is 333 Å². The second-order valence-electron chi connectivity index (χ2n) is 15.7. The van der Waals surface area contributed by atoms with Crippen LogP contribution in [0.25, 0.3) is 56.2 Å². The summed E-state index contributed by atoms with van der Waals surface area (Å²) in [6.45, 7) is 2.55. The molecule has 1 spiro atoms. The van der Waals surface area contributed by atoms with E-state index < -0.39 is 30.4 Å². The van der Waals surface area contributed by atoms with Gasteiger partial charge in [-0.3, -0.25) is 19.4 Å². The van der Waals surface area contributed by atoms with E-state index in [0.717, 1.165) is 22.8 Å². The number of likely N-dealkylation sites (tertiary alicyclic amines) is 2. The maximum absolute atomic E-state index is 14.5. The Morgan fingerprint density at radius 3 is 2.24 bits per heavy atom. The van der Waals surface area contributed by atoms with E-state index in [2.05, 4.69) is 10.3 Å². The topological polar surface area (TPSA) is 134 Å². The van der Waals surface area contributed by atoms with Crippen LogP contribution in [-0.2, 0) is 28.9 Å². The van der Waals surface area contributed by atoms with E-state index in [4.69, 9.17) is 18.6 Å². The first kappa shape index (κ1) is 38.6. The van der Waals surface area contributed by atoms with Crippen molar-refractivity contribution < 1.29 is 50.2 Å². The number of amides is 1. The molecule has 5 heterocycles. The number of nitrogens with one attached hydrogen (secondary N) is 1. The summed E-state index contributed by atoms with van der Waals surface area (Å²) in [5, 5.41) is 12.7. The Morgan fingerprint density at radius 1 is 0.949 bits per heavy atom. The van der Waals surface area contributed by atoms with Crippen LogP contribution in [0.15, 0.2) is 69.5 Å². The Hall–Kier alpha value is -5.87. The van der Waals surface area contributed by atoms with Gasteiger partial charge in [-0.25, -0.2) is 9.97 Å². The highest BCUT2D eigenvalue weighted by atomic mass is 19.4. The van der Waals surface area contributed by atoms with Crippen LogP contribution in [0.2, 0.25) is 0 Å². The lowest BCUT2D eigenvalue weighted by molar-refractivity contribution is -0.142. The summed E-state index contributed by atoms with van der Waals surface area (Å²) in [7, 11) is 0. The van der Waals surface area contributed by atoms with Gasteiger partial charge < -0.3 is 24.0 Å². The summed E-state index contributed by atoms with van der Waals surface area (Å²) < 4.78 is 87.4. The van der Waals surface area contributed by atoms with Crippen LogP contribution in [0.4, 0.5) is 22.0 Å². The first-order valence-corrected chi connectivity index (χ1v) is 19.2. The van der Waals surface area contributed by atoms with Gasteiger partial charge in [0.1, 0.15) is 28.4 Å². The molecular formula is C43H38F5N5O6. The minimum absolute atomic E-state index is 0.00531. The highest BCUT2D eigenvalue weighted by Gasteiger charge is 2.47. The number of halogens is 5. The molecule has 3 aliphatic rings. The summed E-state index contributed by atoms with van der Waals surface area (Å²) in [5.74, 6) is -0.866. The third kappa shape index (κ3) is 7.17. The van der Waals surface area contributed by atoms with Crippen LogP contribution < -0.4 is 10.1 Å². The van der Waals surface area contributed by atoms with Crippen LogP contribution in [-0.4, -0.2) is 74.6 Å². The van der Waals surface area contributed by atoms with Crippen molar-refractivity contribution in [2.45, 2.75) is 77.0 Å². The van der Waals surface area contributed by atoms with Crippen LogP contribution in [0.5, 0.6) is 5.75 Å². The lowest BCUT2D eigenvalue weighted by Gasteiger charge is -2.48. The SMILES string of the molecule is Cc1c(-c2nc3cc(CN4CCC[C@H]4C(=O)O)c(OC(F)F)cc3o2)cccc1-c1cccc(-c2nc3cc(CN4CC5(CCC(=O)N5)C4)cc(C(F)(F)F)c3o2)c1C. The number of alkyl halides is 5. The van der Waals surface area contributed by atoms with E-state index in [1.165, 1.54) is 6.07 Å². The van der Waals surface area contributed by atoms with E-state index in [9.17, 15) is 36.6 Å². The van der Waals surface area contributed by atoms with Crippen LogP contribution in [0.3, 0.4) is 0 Å². The summed E-state index contributed by atoms with van der Waals surface area (Å²) in [6.07, 6.45) is -2.42. The number of hydrogen-bond donors (Lipinski definition) is 2. The molecule has 306 valence electrons. The fourth-order valence-electron chi connectivity index (χ4n) is 8.97. The molecular weight excluding hydrogens is 777 g/mol. The molecule has 0 saturated carbocycles. The molecule has 0 unspecified atom stereocenters. The van der Waals surface area contributed by atoms with Gasteiger partial charge in [-0.1, -0.05) is 24.3 Å². The number of aromatic nitrogens is 2. The molecule has 0 radical (unpaired) electrons. The Morgan fingerprint density at radius 2 is 1.61 bits per heavy atom. The molecule has 11 nitrogen and oxygen atoms in total. The predicted molar refractivity (Wildman–Crippen MR) is 205 cm³/mol. The number of carboxylic acid groups (broad SMARTS) is 1. The first-order chi connectivity index (χ1) is 28.1. The second kappa shape index (κ2) is 14.4. The van der Waals surface area contributed by atoms with Crippen molar-refractivity contribution in [1.82, 2.24) is 25.1 Å². The highest BCUT2D eigenvalue weighted by molar-refractivity contribution is 5.86. The average Bonchev–Trinajstić information content (AvgIpc) is 3.97. The number of benzene rings is 4. The zero-order valence-corrected chi connectivity index (χ0v) is 32.0. The number of aliphatic carboxylic acids is 1. The molecule has 3 saturated heterocycles. The molecule has 3 aliphatic heterocycles. The number of ether oxygens (including phenoxy) is 1. The van der Waals surface area contributed by atoms with Crippen molar-refractivity contribution in [3.63, 3.8) is 0 Å². The molecule has 0 aliphatic carbocycles. The molecule has 6 aromatic rings. The number of carboxylic acids is 1. The zero-order chi connectivity index (χ0) is 41.4. The normalized spacial score (nSPS) is 18.4. The number of carbonyl (C=O) groups is 2. The smallest absolute Gasteiger partial charge is 0.420 e. The van der Waals surface area contributed by atoms with Crippen molar-refractivity contribution in [2.24, 2.45) is 0 Å². The van der Waals surface area contributed by atoms with Gasteiger partial charge in [-0.2, -0.15) is 22.0 Å². The van der Waals surface area contributed by atoms with Gasteiger partial charge in [0, 0.05) is 55.4 Å². The largest absolute Gasteiger partial charge is 0.480 e. The molecule has 0 bridgehead atoms. The molecule has 4 aromatic carbocycles. The number of hydrogen-bond acceptors (Lipinski definition) is 9. The van der Waals surface area contributed by atoms with E-state index in [0.29, 0.717) is 78.7 Å². The summed E-state index contributed by atoms with van der Waals surface area (Å²) in [6, 6.07) is 15.8. The highest BCUT2D eigenvalue weighted by Crippen LogP contribution is 2.42. The van der Waals surface area contributed by atoms with Gasteiger partial charge in [0.05, 0.1) is 5.54 Å². The van der Waals surface area contributed by atoms with Gasteiger partial charge in [0.15, 0.2) is 11.2 Å². The van der Waals surface area contributed by atoms with Gasteiger partial charge in [-0.05, 0) is 97.8 Å². The number of carbonyl (C=O) groups excluding carboxylic acids is 1. The van der Waals surface area contributed by atoms with Crippen molar-refractivity contribution in [1.29, 1.82) is 0 Å². The number of fused-ring (bicyclic) bond motifs is 2. The summed E-state index contributed by atoms with van der Waals surface area (Å²) in [5.41, 5.74) is 4.00. The third-order valence-corrected chi connectivity index (χ3v) is 11.8. The molecule has 2 aromatic heterocycles. The summed E-state index contributed by atoms with van der Waals surface area (Å²) in [4.78, 5) is 36.6. The molecule has 2 N–H and O–H groups in total. The minimum Gasteiger partial charge on any atom is -0.480 e. The first-order valence-electron chi connectivity index (χ1n) is 19.2. The molecule has 1 atom stereocenters. The van der Waals surface area contributed by atoms with Gasteiger partial charge >= 0.3 is 18.8 Å².